The fourth-order valence-corrected chi connectivity index (χ4v) is 1.43. The minimum absolute atomic E-state index is 0.0421. The number of rotatable bonds is 8. The molecule has 1 aromatic rings. The molecule has 0 aliphatic heterocycles. The summed E-state index contributed by atoms with van der Waals surface area (Å²) < 4.78 is 1.39. The summed E-state index contributed by atoms with van der Waals surface area (Å²) in [5.41, 5.74) is -0.105. The zero-order valence-corrected chi connectivity index (χ0v) is 11.1. The highest BCUT2D eigenvalue weighted by molar-refractivity contribution is 5.84. The summed E-state index contributed by atoms with van der Waals surface area (Å²) in [7, 11) is 0. The molecule has 1 atom stereocenters. The Labute approximate surface area is 111 Å². The van der Waals surface area contributed by atoms with E-state index >= 15 is 0 Å². The van der Waals surface area contributed by atoms with Gasteiger partial charge < -0.3 is 15.7 Å². The lowest BCUT2D eigenvalue weighted by molar-refractivity contribution is -0.124. The zero-order chi connectivity index (χ0) is 14.3. The highest BCUT2D eigenvalue weighted by atomic mass is 16.4. The number of amides is 1. The van der Waals surface area contributed by atoms with Gasteiger partial charge in [0.1, 0.15) is 0 Å². The predicted molar refractivity (Wildman–Crippen MR) is 67.7 cm³/mol. The average molecular weight is 269 g/mol. The molecule has 1 unspecified atom stereocenters. The molecule has 0 spiro atoms. The Balaban J connectivity index is 2.29. The van der Waals surface area contributed by atoms with Crippen molar-refractivity contribution in [2.24, 2.45) is 5.92 Å². The Morgan fingerprint density at radius 1 is 1.53 bits per heavy atom. The summed E-state index contributed by atoms with van der Waals surface area (Å²) >= 11 is 0. The Hall–Kier alpha value is -1.96. The fraction of sp³-hybridized carbons (Fsp3) is 0.636. The van der Waals surface area contributed by atoms with Crippen molar-refractivity contribution in [3.8, 4) is 0 Å². The molecule has 1 heterocycles. The van der Waals surface area contributed by atoms with Crippen molar-refractivity contribution in [3.63, 3.8) is 0 Å². The molecule has 1 amide bonds. The van der Waals surface area contributed by atoms with Crippen LogP contribution in [0.5, 0.6) is 0 Å². The van der Waals surface area contributed by atoms with Crippen LogP contribution in [0, 0.1) is 5.92 Å². The maximum atomic E-state index is 11.7. The molecule has 19 heavy (non-hydrogen) atoms. The standard InChI is InChI=1S/C11H19N5O3/c1-3-12-6-8(2)10(17)13-4-5-16-7-9(11(18)19)14-15-16/h7-8,12H,3-6H2,1-2H3,(H,13,17)(H,18,19). The molecule has 0 radical (unpaired) electrons. The summed E-state index contributed by atoms with van der Waals surface area (Å²) in [6.07, 6.45) is 1.33. The molecule has 0 aromatic carbocycles. The van der Waals surface area contributed by atoms with Crippen LogP contribution < -0.4 is 10.6 Å². The molecular weight excluding hydrogens is 250 g/mol. The highest BCUT2D eigenvalue weighted by Crippen LogP contribution is 1.94. The minimum atomic E-state index is -1.12. The zero-order valence-electron chi connectivity index (χ0n) is 11.1. The molecule has 8 nitrogen and oxygen atoms in total. The Bertz CT molecular complexity index is 432. The molecule has 3 N–H and O–H groups in total. The second-order valence-corrected chi connectivity index (χ2v) is 4.17. The quantitative estimate of drug-likeness (QED) is 0.578. The van der Waals surface area contributed by atoms with Crippen LogP contribution in [0.15, 0.2) is 6.20 Å². The monoisotopic (exact) mass is 269 g/mol. The lowest BCUT2D eigenvalue weighted by atomic mass is 10.1. The van der Waals surface area contributed by atoms with E-state index in [1.165, 1.54) is 10.9 Å². The third-order valence-electron chi connectivity index (χ3n) is 2.55. The van der Waals surface area contributed by atoms with E-state index < -0.39 is 5.97 Å². The highest BCUT2D eigenvalue weighted by Gasteiger charge is 2.12. The van der Waals surface area contributed by atoms with Gasteiger partial charge in [-0.15, -0.1) is 5.10 Å². The number of carboxylic acids is 1. The van der Waals surface area contributed by atoms with Gasteiger partial charge in [0.05, 0.1) is 12.7 Å². The van der Waals surface area contributed by atoms with Crippen LogP contribution in [0.4, 0.5) is 0 Å². The normalized spacial score (nSPS) is 12.1. The smallest absolute Gasteiger partial charge is 0.358 e. The summed E-state index contributed by atoms with van der Waals surface area (Å²) in [4.78, 5) is 22.3. The lowest BCUT2D eigenvalue weighted by Crippen LogP contribution is -2.36. The molecule has 0 aliphatic rings. The van der Waals surface area contributed by atoms with Crippen LogP contribution in [0.25, 0.3) is 0 Å². The molecule has 0 bridgehead atoms. The first-order valence-corrected chi connectivity index (χ1v) is 6.16. The Morgan fingerprint density at radius 2 is 2.26 bits per heavy atom. The van der Waals surface area contributed by atoms with Gasteiger partial charge in [0.2, 0.25) is 5.91 Å². The first-order chi connectivity index (χ1) is 9.04. The fourth-order valence-electron chi connectivity index (χ4n) is 1.43. The number of nitrogens with zero attached hydrogens (tertiary/aromatic N) is 3. The van der Waals surface area contributed by atoms with Gasteiger partial charge in [-0.2, -0.15) is 0 Å². The molecule has 0 saturated carbocycles. The van der Waals surface area contributed by atoms with E-state index in [2.05, 4.69) is 20.9 Å². The summed E-state index contributed by atoms with van der Waals surface area (Å²) in [5.74, 6) is -1.26. The van der Waals surface area contributed by atoms with E-state index in [1.807, 2.05) is 13.8 Å². The van der Waals surface area contributed by atoms with Crippen molar-refractivity contribution in [2.45, 2.75) is 20.4 Å². The lowest BCUT2D eigenvalue weighted by Gasteiger charge is -2.12. The third-order valence-corrected chi connectivity index (χ3v) is 2.55. The van der Waals surface area contributed by atoms with Crippen molar-refractivity contribution in [1.82, 2.24) is 25.6 Å². The van der Waals surface area contributed by atoms with Gasteiger partial charge in [-0.3, -0.25) is 4.79 Å². The van der Waals surface area contributed by atoms with Crippen molar-refractivity contribution >= 4 is 11.9 Å². The van der Waals surface area contributed by atoms with Crippen LogP contribution >= 0.6 is 0 Å². The van der Waals surface area contributed by atoms with E-state index in [0.717, 1.165) is 6.54 Å². The average Bonchev–Trinajstić information content (AvgIpc) is 2.84. The van der Waals surface area contributed by atoms with Crippen molar-refractivity contribution in [2.75, 3.05) is 19.6 Å². The van der Waals surface area contributed by atoms with E-state index in [9.17, 15) is 9.59 Å². The maximum Gasteiger partial charge on any atom is 0.358 e. The van der Waals surface area contributed by atoms with Gasteiger partial charge in [0.25, 0.3) is 0 Å². The molecule has 0 aliphatic carbocycles. The van der Waals surface area contributed by atoms with Gasteiger partial charge in [0.15, 0.2) is 5.69 Å². The second-order valence-electron chi connectivity index (χ2n) is 4.17. The van der Waals surface area contributed by atoms with Crippen LogP contribution in [0.2, 0.25) is 0 Å². The van der Waals surface area contributed by atoms with E-state index in [4.69, 9.17) is 5.11 Å². The second kappa shape index (κ2) is 7.47. The van der Waals surface area contributed by atoms with Gasteiger partial charge in [0, 0.05) is 19.0 Å². The topological polar surface area (TPSA) is 109 Å². The number of aromatic carboxylic acids is 1. The number of carbonyl (C=O) groups excluding carboxylic acids is 1. The first kappa shape index (κ1) is 15.1. The van der Waals surface area contributed by atoms with Crippen LogP contribution in [-0.2, 0) is 11.3 Å². The molecular formula is C11H19N5O3. The maximum absolute atomic E-state index is 11.7. The van der Waals surface area contributed by atoms with Gasteiger partial charge in [-0.1, -0.05) is 19.1 Å². The SMILES string of the molecule is CCNCC(C)C(=O)NCCn1cc(C(=O)O)nn1. The number of carbonyl (C=O) groups is 2. The number of carboxylic acid groups (broad SMARTS) is 1. The molecule has 0 fully saturated rings. The molecule has 106 valence electrons. The van der Waals surface area contributed by atoms with Crippen LogP contribution in [-0.4, -0.2) is 51.6 Å². The van der Waals surface area contributed by atoms with Crippen LogP contribution in [0.3, 0.4) is 0 Å². The van der Waals surface area contributed by atoms with Crippen LogP contribution in [0.1, 0.15) is 24.3 Å². The van der Waals surface area contributed by atoms with Gasteiger partial charge >= 0.3 is 5.97 Å². The summed E-state index contributed by atoms with van der Waals surface area (Å²) in [5, 5.41) is 21.7. The predicted octanol–water partition coefficient (Wildman–Crippen LogP) is -0.662. The van der Waals surface area contributed by atoms with Crippen molar-refractivity contribution < 1.29 is 14.7 Å². The third kappa shape index (κ3) is 5.04. The molecule has 0 saturated heterocycles. The van der Waals surface area contributed by atoms with Gasteiger partial charge in [-0.25, -0.2) is 9.48 Å². The molecule has 1 aromatic heterocycles. The Morgan fingerprint density at radius 3 is 2.84 bits per heavy atom. The molecule has 8 heteroatoms. The summed E-state index contributed by atoms with van der Waals surface area (Å²) in [6.45, 7) is 6.06. The minimum Gasteiger partial charge on any atom is -0.476 e. The Kier molecular flexibility index (Phi) is 5.94. The molecule has 1 rings (SSSR count). The number of hydrogen-bond acceptors (Lipinski definition) is 5. The largest absolute Gasteiger partial charge is 0.476 e. The summed E-state index contributed by atoms with van der Waals surface area (Å²) in [6, 6.07) is 0. The number of hydrogen-bond donors (Lipinski definition) is 3. The van der Waals surface area contributed by atoms with E-state index in [0.29, 0.717) is 19.6 Å². The first-order valence-electron chi connectivity index (χ1n) is 6.16. The van der Waals surface area contributed by atoms with Gasteiger partial charge in [-0.05, 0) is 6.54 Å². The van der Waals surface area contributed by atoms with Crippen molar-refractivity contribution in [3.05, 3.63) is 11.9 Å². The number of nitrogens with one attached hydrogen (secondary N) is 2. The van der Waals surface area contributed by atoms with Crippen molar-refractivity contribution in [1.29, 1.82) is 0 Å². The van der Waals surface area contributed by atoms with E-state index in [1.54, 1.807) is 0 Å². The van der Waals surface area contributed by atoms with E-state index in [-0.39, 0.29) is 17.5 Å². The number of aromatic nitrogens is 3.